The predicted molar refractivity (Wildman–Crippen MR) is 89.6 cm³/mol. The molecule has 3 aromatic rings. The van der Waals surface area contributed by atoms with E-state index >= 15 is 0 Å². The molecule has 0 saturated carbocycles. The fourth-order valence-electron chi connectivity index (χ4n) is 4.12. The average Bonchev–Trinajstić information content (AvgIpc) is 3.03. The number of pyridine rings is 1. The van der Waals surface area contributed by atoms with Crippen LogP contribution < -0.4 is 10.9 Å². The van der Waals surface area contributed by atoms with Crippen LogP contribution in [0.25, 0.3) is 22.1 Å². The van der Waals surface area contributed by atoms with Gasteiger partial charge in [0.1, 0.15) is 5.58 Å². The number of benzene rings is 1. The summed E-state index contributed by atoms with van der Waals surface area (Å²) in [4.78, 5) is 12.6. The first kappa shape index (κ1) is 13.1. The SMILES string of the molecule is O=c1cc(-c2ccc3occc3c2)cc2n1C[C@@H]1CNC[C@H]2C1. The Labute approximate surface area is 133 Å². The largest absolute Gasteiger partial charge is 0.464 e. The van der Waals surface area contributed by atoms with Crippen molar-refractivity contribution in [3.63, 3.8) is 0 Å². The second-order valence-corrected chi connectivity index (χ2v) is 6.75. The van der Waals surface area contributed by atoms with E-state index in [1.807, 2.05) is 22.8 Å². The van der Waals surface area contributed by atoms with Crippen molar-refractivity contribution in [1.29, 1.82) is 0 Å². The summed E-state index contributed by atoms with van der Waals surface area (Å²) in [7, 11) is 0. The van der Waals surface area contributed by atoms with Gasteiger partial charge in [-0.3, -0.25) is 4.79 Å². The molecule has 0 spiro atoms. The van der Waals surface area contributed by atoms with Crippen LogP contribution in [0, 0.1) is 5.92 Å². The van der Waals surface area contributed by atoms with Crippen molar-refractivity contribution in [2.24, 2.45) is 5.92 Å². The lowest BCUT2D eigenvalue weighted by atomic mass is 9.83. The van der Waals surface area contributed by atoms with E-state index in [0.29, 0.717) is 11.8 Å². The molecule has 23 heavy (non-hydrogen) atoms. The van der Waals surface area contributed by atoms with E-state index in [1.165, 1.54) is 12.1 Å². The molecule has 4 heterocycles. The number of aromatic nitrogens is 1. The lowest BCUT2D eigenvalue weighted by Gasteiger charge is -2.37. The van der Waals surface area contributed by atoms with Gasteiger partial charge in [-0.25, -0.2) is 0 Å². The minimum Gasteiger partial charge on any atom is -0.464 e. The van der Waals surface area contributed by atoms with Gasteiger partial charge in [0.25, 0.3) is 5.56 Å². The third-order valence-electron chi connectivity index (χ3n) is 5.25. The van der Waals surface area contributed by atoms with Crippen LogP contribution in [0.3, 0.4) is 0 Å². The quantitative estimate of drug-likeness (QED) is 0.752. The summed E-state index contributed by atoms with van der Waals surface area (Å²) in [6, 6.07) is 12.0. The summed E-state index contributed by atoms with van der Waals surface area (Å²) in [6.07, 6.45) is 2.89. The highest BCUT2D eigenvalue weighted by molar-refractivity contribution is 5.83. The summed E-state index contributed by atoms with van der Waals surface area (Å²) in [5.74, 6) is 1.04. The Morgan fingerprint density at radius 1 is 1.09 bits per heavy atom. The van der Waals surface area contributed by atoms with Gasteiger partial charge in [0, 0.05) is 36.2 Å². The van der Waals surface area contributed by atoms with E-state index in [2.05, 4.69) is 17.4 Å². The average molecular weight is 306 g/mol. The normalized spacial score (nSPS) is 23.0. The third kappa shape index (κ3) is 2.05. The molecule has 2 bridgehead atoms. The molecule has 4 heteroatoms. The Bertz CT molecular complexity index is 953. The number of hydrogen-bond acceptors (Lipinski definition) is 3. The van der Waals surface area contributed by atoms with E-state index in [-0.39, 0.29) is 5.56 Å². The molecular weight excluding hydrogens is 288 g/mol. The number of furan rings is 1. The predicted octanol–water partition coefficient (Wildman–Crippen LogP) is 2.97. The van der Waals surface area contributed by atoms with E-state index in [4.69, 9.17) is 4.42 Å². The molecule has 1 fully saturated rings. The lowest BCUT2D eigenvalue weighted by Crippen LogP contribution is -2.44. The fraction of sp³-hybridized carbons (Fsp3) is 0.316. The van der Waals surface area contributed by atoms with Gasteiger partial charge < -0.3 is 14.3 Å². The van der Waals surface area contributed by atoms with E-state index in [0.717, 1.165) is 41.7 Å². The van der Waals surface area contributed by atoms with Gasteiger partial charge in [0.15, 0.2) is 0 Å². The number of hydrogen-bond donors (Lipinski definition) is 1. The standard InChI is InChI=1S/C19H18N2O2/c22-19-8-15(13-1-2-18-14(6-13)3-4-23-18)7-17-16-5-12(9-20-10-16)11-21(17)19/h1-4,6-8,12,16,20H,5,9-11H2/t12-,16+/m0/s1. The van der Waals surface area contributed by atoms with Gasteiger partial charge in [-0.15, -0.1) is 0 Å². The van der Waals surface area contributed by atoms with E-state index in [1.54, 1.807) is 12.3 Å². The first-order valence-corrected chi connectivity index (χ1v) is 8.21. The Morgan fingerprint density at radius 2 is 2.04 bits per heavy atom. The van der Waals surface area contributed by atoms with Crippen molar-refractivity contribution < 1.29 is 4.42 Å². The molecular formula is C19H18N2O2. The highest BCUT2D eigenvalue weighted by atomic mass is 16.3. The number of piperidine rings is 1. The van der Waals surface area contributed by atoms with Crippen LogP contribution in [0.5, 0.6) is 0 Å². The Morgan fingerprint density at radius 3 is 3.00 bits per heavy atom. The maximum absolute atomic E-state index is 12.6. The molecule has 1 saturated heterocycles. The molecule has 1 N–H and O–H groups in total. The number of nitrogens with zero attached hydrogens (tertiary/aromatic N) is 1. The first-order chi connectivity index (χ1) is 11.3. The Hall–Kier alpha value is -2.33. The molecule has 4 nitrogen and oxygen atoms in total. The maximum atomic E-state index is 12.6. The maximum Gasteiger partial charge on any atom is 0.251 e. The molecule has 2 aliphatic heterocycles. The topological polar surface area (TPSA) is 47.2 Å². The second kappa shape index (κ2) is 4.83. The van der Waals surface area contributed by atoms with Gasteiger partial charge >= 0.3 is 0 Å². The Balaban J connectivity index is 1.67. The minimum absolute atomic E-state index is 0.126. The highest BCUT2D eigenvalue weighted by Gasteiger charge is 2.31. The van der Waals surface area contributed by atoms with Crippen molar-refractivity contribution in [1.82, 2.24) is 9.88 Å². The first-order valence-electron chi connectivity index (χ1n) is 8.21. The third-order valence-corrected chi connectivity index (χ3v) is 5.25. The van der Waals surface area contributed by atoms with E-state index < -0.39 is 0 Å². The van der Waals surface area contributed by atoms with Gasteiger partial charge in [-0.05, 0) is 54.3 Å². The summed E-state index contributed by atoms with van der Waals surface area (Å²) in [6.45, 7) is 2.85. The smallest absolute Gasteiger partial charge is 0.251 e. The van der Waals surface area contributed by atoms with Crippen LogP contribution in [0.1, 0.15) is 18.0 Å². The van der Waals surface area contributed by atoms with Crippen molar-refractivity contribution in [2.45, 2.75) is 18.9 Å². The summed E-state index contributed by atoms with van der Waals surface area (Å²) >= 11 is 0. The molecule has 1 aromatic carbocycles. The number of rotatable bonds is 1. The molecule has 0 unspecified atom stereocenters. The molecule has 0 radical (unpaired) electrons. The summed E-state index contributed by atoms with van der Waals surface area (Å²) in [5, 5.41) is 4.57. The van der Waals surface area contributed by atoms with Gasteiger partial charge in [0.05, 0.1) is 6.26 Å². The van der Waals surface area contributed by atoms with Crippen LogP contribution in [0.2, 0.25) is 0 Å². The van der Waals surface area contributed by atoms with Crippen molar-refractivity contribution >= 4 is 11.0 Å². The molecule has 0 amide bonds. The van der Waals surface area contributed by atoms with Gasteiger partial charge in [-0.1, -0.05) is 6.07 Å². The minimum atomic E-state index is 0.126. The van der Waals surface area contributed by atoms with Crippen LogP contribution in [0.15, 0.2) is 51.9 Å². The lowest BCUT2D eigenvalue weighted by molar-refractivity contribution is 0.257. The second-order valence-electron chi connectivity index (χ2n) is 6.75. The zero-order valence-corrected chi connectivity index (χ0v) is 12.8. The van der Waals surface area contributed by atoms with Crippen LogP contribution in [0.4, 0.5) is 0 Å². The zero-order valence-electron chi connectivity index (χ0n) is 12.8. The molecule has 0 aliphatic carbocycles. The summed E-state index contributed by atoms with van der Waals surface area (Å²) < 4.78 is 7.39. The number of nitrogens with one attached hydrogen (secondary N) is 1. The monoisotopic (exact) mass is 306 g/mol. The van der Waals surface area contributed by atoms with E-state index in [9.17, 15) is 4.79 Å². The van der Waals surface area contributed by atoms with Crippen LogP contribution in [-0.4, -0.2) is 17.7 Å². The molecule has 2 atom stereocenters. The van der Waals surface area contributed by atoms with Crippen molar-refractivity contribution in [2.75, 3.05) is 13.1 Å². The highest BCUT2D eigenvalue weighted by Crippen LogP contribution is 2.34. The van der Waals surface area contributed by atoms with Gasteiger partial charge in [0.2, 0.25) is 0 Å². The Kier molecular flexibility index (Phi) is 2.76. The fourth-order valence-corrected chi connectivity index (χ4v) is 4.12. The number of fused-ring (bicyclic) bond motifs is 5. The van der Waals surface area contributed by atoms with Crippen LogP contribution >= 0.6 is 0 Å². The molecule has 5 rings (SSSR count). The molecule has 2 aromatic heterocycles. The molecule has 116 valence electrons. The van der Waals surface area contributed by atoms with Gasteiger partial charge in [-0.2, -0.15) is 0 Å². The van der Waals surface area contributed by atoms with Crippen LogP contribution in [-0.2, 0) is 6.54 Å². The zero-order chi connectivity index (χ0) is 15.4. The van der Waals surface area contributed by atoms with Crippen molar-refractivity contribution in [3.05, 3.63) is 58.7 Å². The molecule has 2 aliphatic rings. The summed E-state index contributed by atoms with van der Waals surface area (Å²) in [5.41, 5.74) is 4.27. The van der Waals surface area contributed by atoms with Crippen molar-refractivity contribution in [3.8, 4) is 11.1 Å².